The number of aromatic nitrogens is 6. The maximum Gasteiger partial charge on any atom is 0.255 e. The molecule has 9 rings (SSSR count). The van der Waals surface area contributed by atoms with Gasteiger partial charge in [0.2, 0.25) is 5.91 Å². The summed E-state index contributed by atoms with van der Waals surface area (Å²) in [6.07, 6.45) is 7.83. The number of thiophene rings is 1. The van der Waals surface area contributed by atoms with Crippen LogP contribution in [0.1, 0.15) is 81.6 Å². The first kappa shape index (κ1) is 33.2. The SMILES string of the molecule is Cc1ccc(-c2cn(C3CCN(C4CCN(C(=O)c5cc(C6CC6)nc6c5cnn6Cc5ccsc5)CC4)C3=O)nn2)cc1C(=O)Nc1ccccc1. The molecule has 268 valence electrons. The molecule has 12 nitrogen and oxygen atoms in total. The smallest absolute Gasteiger partial charge is 0.255 e. The van der Waals surface area contributed by atoms with E-state index in [4.69, 9.17) is 4.98 Å². The number of hydrogen-bond donors (Lipinski definition) is 1. The van der Waals surface area contributed by atoms with Gasteiger partial charge in [0.25, 0.3) is 11.8 Å². The van der Waals surface area contributed by atoms with Gasteiger partial charge in [-0.05, 0) is 91.2 Å². The third-order valence-corrected chi connectivity index (χ3v) is 11.5. The summed E-state index contributed by atoms with van der Waals surface area (Å²) < 4.78 is 3.56. The maximum atomic E-state index is 14.1. The average molecular weight is 726 g/mol. The van der Waals surface area contributed by atoms with Gasteiger partial charge in [0.1, 0.15) is 11.7 Å². The van der Waals surface area contributed by atoms with Gasteiger partial charge in [-0.1, -0.05) is 35.5 Å². The molecule has 3 amide bonds. The van der Waals surface area contributed by atoms with Crippen LogP contribution in [0.3, 0.4) is 0 Å². The van der Waals surface area contributed by atoms with Gasteiger partial charge >= 0.3 is 0 Å². The molecule has 0 radical (unpaired) electrons. The molecule has 1 atom stereocenters. The largest absolute Gasteiger partial charge is 0.338 e. The number of pyridine rings is 1. The Morgan fingerprint density at radius 1 is 0.943 bits per heavy atom. The zero-order valence-electron chi connectivity index (χ0n) is 29.4. The monoisotopic (exact) mass is 725 g/mol. The number of aryl methyl sites for hydroxylation is 1. The van der Waals surface area contributed by atoms with Crippen LogP contribution in [-0.2, 0) is 11.3 Å². The number of hydrogen-bond acceptors (Lipinski definition) is 8. The standard InChI is InChI=1S/C40H39N9O3S/c1-25-7-8-28(19-31(25)38(50)42-29-5-3-2-4-6-29)35-23-48(45-44-35)36-13-17-47(40(36)52)30-11-15-46(16-12-30)39(51)32-20-34(27-9-10-27)43-37-33(32)21-41-49(37)22-26-14-18-53-24-26/h2-8,14,18-21,23-24,27,30,36H,9-13,15-17,22H2,1H3,(H,42,50). The summed E-state index contributed by atoms with van der Waals surface area (Å²) >= 11 is 1.66. The Hall–Kier alpha value is -5.69. The van der Waals surface area contributed by atoms with Crippen molar-refractivity contribution < 1.29 is 14.4 Å². The molecule has 6 heterocycles. The highest BCUT2D eigenvalue weighted by Gasteiger charge is 2.40. The van der Waals surface area contributed by atoms with Gasteiger partial charge in [-0.3, -0.25) is 14.4 Å². The lowest BCUT2D eigenvalue weighted by molar-refractivity contribution is -0.133. The van der Waals surface area contributed by atoms with Crippen LogP contribution in [-0.4, -0.2) is 83.0 Å². The molecule has 2 saturated heterocycles. The molecule has 4 aromatic heterocycles. The zero-order chi connectivity index (χ0) is 36.1. The summed E-state index contributed by atoms with van der Waals surface area (Å²) in [5.74, 6) is 0.235. The average Bonchev–Trinajstić information content (AvgIpc) is 3.51. The van der Waals surface area contributed by atoms with Gasteiger partial charge < -0.3 is 15.1 Å². The normalized spacial score (nSPS) is 17.9. The molecule has 0 bridgehead atoms. The number of para-hydroxylation sites is 1. The van der Waals surface area contributed by atoms with Crippen LogP contribution in [0.15, 0.2) is 83.8 Å². The van der Waals surface area contributed by atoms with Crippen LogP contribution in [0.5, 0.6) is 0 Å². The summed E-state index contributed by atoms with van der Waals surface area (Å²) in [4.78, 5) is 49.9. The highest BCUT2D eigenvalue weighted by atomic mass is 32.1. The highest BCUT2D eigenvalue weighted by molar-refractivity contribution is 7.07. The van der Waals surface area contributed by atoms with Crippen LogP contribution in [0.2, 0.25) is 0 Å². The minimum Gasteiger partial charge on any atom is -0.338 e. The molecule has 1 unspecified atom stereocenters. The number of rotatable bonds is 9. The molecule has 53 heavy (non-hydrogen) atoms. The number of nitrogens with zero attached hydrogens (tertiary/aromatic N) is 8. The van der Waals surface area contributed by atoms with Gasteiger partial charge in [0.15, 0.2) is 5.65 Å². The number of fused-ring (bicyclic) bond motifs is 1. The van der Waals surface area contributed by atoms with E-state index in [1.165, 1.54) is 5.56 Å². The van der Waals surface area contributed by atoms with E-state index >= 15 is 0 Å². The number of nitrogens with one attached hydrogen (secondary N) is 1. The van der Waals surface area contributed by atoms with Crippen LogP contribution >= 0.6 is 11.3 Å². The molecule has 2 aliphatic heterocycles. The second-order valence-corrected chi connectivity index (χ2v) is 15.1. The summed E-state index contributed by atoms with van der Waals surface area (Å²) in [5.41, 5.74) is 7.06. The van der Waals surface area contributed by atoms with Crippen molar-refractivity contribution in [2.75, 3.05) is 25.0 Å². The van der Waals surface area contributed by atoms with Gasteiger partial charge in [-0.2, -0.15) is 16.4 Å². The summed E-state index contributed by atoms with van der Waals surface area (Å²) in [5, 5.41) is 21.3. The van der Waals surface area contributed by atoms with Crippen molar-refractivity contribution in [1.82, 2.24) is 39.6 Å². The third kappa shape index (κ3) is 6.50. The first-order valence-electron chi connectivity index (χ1n) is 18.3. The lowest BCUT2D eigenvalue weighted by atomic mass is 10.0. The van der Waals surface area contributed by atoms with E-state index in [2.05, 4.69) is 37.6 Å². The number of likely N-dealkylation sites (tertiary alicyclic amines) is 2. The molecule has 1 aliphatic carbocycles. The molecule has 2 aromatic carbocycles. The lowest BCUT2D eigenvalue weighted by Gasteiger charge is -2.37. The van der Waals surface area contributed by atoms with Gasteiger partial charge in [-0.15, -0.1) is 5.10 Å². The molecular formula is C40H39N9O3S. The van der Waals surface area contributed by atoms with Gasteiger partial charge in [0.05, 0.1) is 29.9 Å². The van der Waals surface area contributed by atoms with Crippen LogP contribution < -0.4 is 5.32 Å². The van der Waals surface area contributed by atoms with E-state index < -0.39 is 6.04 Å². The molecule has 3 fully saturated rings. The van der Waals surface area contributed by atoms with Crippen molar-refractivity contribution in [1.29, 1.82) is 0 Å². The number of carbonyl (C=O) groups is 3. The molecule has 1 saturated carbocycles. The van der Waals surface area contributed by atoms with E-state index in [1.807, 2.05) is 76.0 Å². The number of piperidine rings is 1. The first-order chi connectivity index (χ1) is 25.9. The van der Waals surface area contributed by atoms with E-state index in [-0.39, 0.29) is 23.8 Å². The lowest BCUT2D eigenvalue weighted by Crippen LogP contribution is -2.47. The van der Waals surface area contributed by atoms with Gasteiger partial charge in [-0.25, -0.2) is 14.3 Å². The second kappa shape index (κ2) is 13.7. The van der Waals surface area contributed by atoms with Crippen LogP contribution in [0.4, 0.5) is 5.69 Å². The van der Waals surface area contributed by atoms with Crippen LogP contribution in [0, 0.1) is 6.92 Å². The highest BCUT2D eigenvalue weighted by Crippen LogP contribution is 2.40. The first-order valence-corrected chi connectivity index (χ1v) is 19.2. The van der Waals surface area contributed by atoms with E-state index in [0.29, 0.717) is 68.2 Å². The predicted octanol–water partition coefficient (Wildman–Crippen LogP) is 6.32. The van der Waals surface area contributed by atoms with Crippen molar-refractivity contribution >= 4 is 45.8 Å². The van der Waals surface area contributed by atoms with E-state index in [0.717, 1.165) is 46.4 Å². The quantitative estimate of drug-likeness (QED) is 0.185. The fourth-order valence-corrected chi connectivity index (χ4v) is 8.32. The molecule has 6 aromatic rings. The second-order valence-electron chi connectivity index (χ2n) is 14.3. The van der Waals surface area contributed by atoms with Crippen LogP contribution in [0.25, 0.3) is 22.3 Å². The summed E-state index contributed by atoms with van der Waals surface area (Å²) in [6, 6.07) is 18.7. The van der Waals surface area contributed by atoms with Crippen molar-refractivity contribution in [3.63, 3.8) is 0 Å². The Morgan fingerprint density at radius 2 is 1.77 bits per heavy atom. The number of benzene rings is 2. The predicted molar refractivity (Wildman–Crippen MR) is 202 cm³/mol. The number of carbonyl (C=O) groups excluding carboxylic acids is 3. The zero-order valence-corrected chi connectivity index (χ0v) is 30.2. The van der Waals surface area contributed by atoms with E-state index in [1.54, 1.807) is 28.4 Å². The summed E-state index contributed by atoms with van der Waals surface area (Å²) in [6.45, 7) is 4.30. The van der Waals surface area contributed by atoms with Crippen molar-refractivity contribution in [2.24, 2.45) is 0 Å². The van der Waals surface area contributed by atoms with Crippen molar-refractivity contribution in [2.45, 2.75) is 63.6 Å². The third-order valence-electron chi connectivity index (χ3n) is 10.8. The van der Waals surface area contributed by atoms with Crippen molar-refractivity contribution in [3.05, 3.63) is 112 Å². The fourth-order valence-electron chi connectivity index (χ4n) is 7.66. The van der Waals surface area contributed by atoms with Crippen molar-refractivity contribution in [3.8, 4) is 11.3 Å². The molecule has 3 aliphatic rings. The summed E-state index contributed by atoms with van der Waals surface area (Å²) in [7, 11) is 0. The maximum absolute atomic E-state index is 14.1. The minimum atomic E-state index is -0.446. The Kier molecular flexibility index (Phi) is 8.57. The Bertz CT molecular complexity index is 2320. The molecule has 0 spiro atoms. The number of amides is 3. The fraction of sp³-hybridized carbons (Fsp3) is 0.325. The topological polar surface area (TPSA) is 131 Å². The Morgan fingerprint density at radius 3 is 2.55 bits per heavy atom. The van der Waals surface area contributed by atoms with E-state index in [9.17, 15) is 14.4 Å². The van der Waals surface area contributed by atoms with Gasteiger partial charge in [0, 0.05) is 54.1 Å². The molecule has 1 N–H and O–H groups in total. The number of anilines is 1. The Labute approximate surface area is 310 Å². The minimum absolute atomic E-state index is 0.00501. The molecular weight excluding hydrogens is 687 g/mol. The Balaban J connectivity index is 0.858. The molecule has 13 heteroatoms.